The van der Waals surface area contributed by atoms with Crippen LogP contribution in [0.2, 0.25) is 0 Å². The molecule has 3 heterocycles. The van der Waals surface area contributed by atoms with Crippen molar-refractivity contribution in [1.29, 1.82) is 0 Å². The quantitative estimate of drug-likeness (QED) is 0.598. The number of fused-ring (bicyclic) bond motifs is 2. The van der Waals surface area contributed by atoms with Gasteiger partial charge in [-0.2, -0.15) is 0 Å². The molecule has 0 aliphatic carbocycles. The van der Waals surface area contributed by atoms with E-state index in [1.54, 1.807) is 17.0 Å². The number of para-hydroxylation sites is 1. The van der Waals surface area contributed by atoms with Gasteiger partial charge in [-0.1, -0.05) is 31.2 Å². The van der Waals surface area contributed by atoms with Gasteiger partial charge in [0.05, 0.1) is 49.9 Å². The zero-order valence-electron chi connectivity index (χ0n) is 18.8. The first-order chi connectivity index (χ1) is 16.2. The van der Waals surface area contributed by atoms with Crippen molar-refractivity contribution in [1.82, 2.24) is 4.90 Å². The summed E-state index contributed by atoms with van der Waals surface area (Å²) in [6.07, 6.45) is 0.929. The molecule has 172 valence electrons. The summed E-state index contributed by atoms with van der Waals surface area (Å²) >= 11 is 0. The molecule has 1 atom stereocenters. The highest BCUT2D eigenvalue weighted by atomic mass is 16.5. The predicted molar refractivity (Wildman–Crippen MR) is 124 cm³/mol. The van der Waals surface area contributed by atoms with Gasteiger partial charge in [0.1, 0.15) is 24.4 Å². The van der Waals surface area contributed by atoms with Crippen LogP contribution < -0.4 is 15.1 Å². The number of benzene rings is 2. The van der Waals surface area contributed by atoms with Crippen molar-refractivity contribution in [3.63, 3.8) is 0 Å². The summed E-state index contributed by atoms with van der Waals surface area (Å²) < 4.78 is 17.2. The lowest BCUT2D eigenvalue weighted by atomic mass is 9.98. The summed E-state index contributed by atoms with van der Waals surface area (Å²) in [4.78, 5) is 30.2. The van der Waals surface area contributed by atoms with Gasteiger partial charge in [0.2, 0.25) is 5.76 Å². The fraction of sp³-hybridized carbons (Fsp3) is 0.385. The largest absolute Gasteiger partial charge is 0.494 e. The molecule has 5 rings (SSSR count). The molecule has 0 unspecified atom stereocenters. The number of quaternary nitrogens is 1. The van der Waals surface area contributed by atoms with Crippen molar-refractivity contribution in [2.75, 3.05) is 46.0 Å². The average Bonchev–Trinajstić information content (AvgIpc) is 3.14. The monoisotopic (exact) mass is 449 g/mol. The molecule has 7 heteroatoms. The molecule has 1 N–H and O–H groups in total. The number of carbonyl (C=O) groups is 1. The Kier molecular flexibility index (Phi) is 6.15. The van der Waals surface area contributed by atoms with Crippen LogP contribution in [0.4, 0.5) is 0 Å². The molecule has 1 amide bonds. The predicted octanol–water partition coefficient (Wildman–Crippen LogP) is 2.04. The second-order valence-corrected chi connectivity index (χ2v) is 8.60. The Balaban J connectivity index is 1.54. The number of morpholine rings is 1. The van der Waals surface area contributed by atoms with Crippen LogP contribution in [0, 0.1) is 0 Å². The van der Waals surface area contributed by atoms with E-state index in [9.17, 15) is 9.59 Å². The fourth-order valence-corrected chi connectivity index (χ4v) is 4.70. The van der Waals surface area contributed by atoms with Gasteiger partial charge in [0, 0.05) is 0 Å². The fourth-order valence-electron chi connectivity index (χ4n) is 4.70. The minimum Gasteiger partial charge on any atom is -0.494 e. The van der Waals surface area contributed by atoms with Gasteiger partial charge < -0.3 is 23.7 Å². The summed E-state index contributed by atoms with van der Waals surface area (Å²) in [5.41, 5.74) is 1.61. The number of nitrogens with zero attached hydrogens (tertiary/aromatic N) is 1. The van der Waals surface area contributed by atoms with Crippen LogP contribution in [0.25, 0.3) is 11.0 Å². The summed E-state index contributed by atoms with van der Waals surface area (Å²) in [5.74, 6) is 0.712. The van der Waals surface area contributed by atoms with E-state index < -0.39 is 6.04 Å². The topological polar surface area (TPSA) is 73.4 Å². The zero-order valence-corrected chi connectivity index (χ0v) is 18.8. The lowest BCUT2D eigenvalue weighted by Crippen LogP contribution is -3.14. The molecule has 0 bridgehead atoms. The molecule has 3 aromatic rings. The Morgan fingerprint density at radius 2 is 1.82 bits per heavy atom. The second kappa shape index (κ2) is 9.37. The van der Waals surface area contributed by atoms with Gasteiger partial charge in [0.25, 0.3) is 5.91 Å². The van der Waals surface area contributed by atoms with E-state index in [-0.39, 0.29) is 17.1 Å². The highest BCUT2D eigenvalue weighted by Gasteiger charge is 2.43. The third kappa shape index (κ3) is 4.14. The van der Waals surface area contributed by atoms with Crippen molar-refractivity contribution in [2.24, 2.45) is 0 Å². The summed E-state index contributed by atoms with van der Waals surface area (Å²) in [6, 6.07) is 14.3. The van der Waals surface area contributed by atoms with Gasteiger partial charge in [-0.05, 0) is 36.2 Å². The van der Waals surface area contributed by atoms with Crippen molar-refractivity contribution < 1.29 is 23.6 Å². The van der Waals surface area contributed by atoms with Crippen LogP contribution in [0.15, 0.2) is 57.7 Å². The first-order valence-corrected chi connectivity index (χ1v) is 11.7. The molecule has 1 aromatic heterocycles. The van der Waals surface area contributed by atoms with E-state index in [0.717, 1.165) is 50.6 Å². The van der Waals surface area contributed by atoms with E-state index in [1.165, 1.54) is 4.90 Å². The number of nitrogens with one attached hydrogen (secondary N) is 1. The first kappa shape index (κ1) is 21.7. The summed E-state index contributed by atoms with van der Waals surface area (Å²) in [7, 11) is 0. The van der Waals surface area contributed by atoms with E-state index in [1.807, 2.05) is 36.4 Å². The maximum atomic E-state index is 13.5. The number of hydrogen-bond donors (Lipinski definition) is 1. The Bertz CT molecular complexity index is 1200. The Morgan fingerprint density at radius 1 is 1.06 bits per heavy atom. The minimum atomic E-state index is -0.478. The van der Waals surface area contributed by atoms with Gasteiger partial charge in [-0.25, -0.2) is 0 Å². The number of rotatable bonds is 7. The summed E-state index contributed by atoms with van der Waals surface area (Å²) in [5, 5.41) is 0.498. The Hall–Kier alpha value is -3.16. The third-order valence-electron chi connectivity index (χ3n) is 6.45. The molecule has 0 spiro atoms. The molecule has 2 aromatic carbocycles. The highest BCUT2D eigenvalue weighted by Crippen LogP contribution is 2.38. The average molecular weight is 450 g/mol. The molecule has 0 radical (unpaired) electrons. The van der Waals surface area contributed by atoms with Crippen molar-refractivity contribution in [2.45, 2.75) is 19.4 Å². The van der Waals surface area contributed by atoms with Gasteiger partial charge in [-0.3, -0.25) is 9.59 Å². The SMILES string of the molecule is CCCOc1ccc([C@H]2c3c(oc4ccccc4c3=O)C(=O)N2CC[NH+]2CCOCC2)cc1. The van der Waals surface area contributed by atoms with Crippen LogP contribution in [0.3, 0.4) is 0 Å². The summed E-state index contributed by atoms with van der Waals surface area (Å²) in [6.45, 7) is 7.35. The molecule has 7 nitrogen and oxygen atoms in total. The van der Waals surface area contributed by atoms with Crippen LogP contribution in [-0.2, 0) is 4.74 Å². The van der Waals surface area contributed by atoms with Crippen molar-refractivity contribution in [3.8, 4) is 5.75 Å². The van der Waals surface area contributed by atoms with E-state index in [0.29, 0.717) is 29.7 Å². The van der Waals surface area contributed by atoms with E-state index in [2.05, 4.69) is 6.92 Å². The molecule has 1 fully saturated rings. The maximum absolute atomic E-state index is 13.5. The van der Waals surface area contributed by atoms with E-state index in [4.69, 9.17) is 13.9 Å². The number of amides is 1. The van der Waals surface area contributed by atoms with Gasteiger partial charge >= 0.3 is 0 Å². The lowest BCUT2D eigenvalue weighted by Gasteiger charge is -2.29. The smallest absolute Gasteiger partial charge is 0.291 e. The first-order valence-electron chi connectivity index (χ1n) is 11.7. The third-order valence-corrected chi connectivity index (χ3v) is 6.45. The van der Waals surface area contributed by atoms with Gasteiger partial charge in [0.15, 0.2) is 5.43 Å². The molecule has 33 heavy (non-hydrogen) atoms. The molecule has 0 saturated carbocycles. The van der Waals surface area contributed by atoms with Crippen LogP contribution in [0.1, 0.15) is 41.1 Å². The van der Waals surface area contributed by atoms with Gasteiger partial charge in [-0.15, -0.1) is 0 Å². The molecule has 1 saturated heterocycles. The van der Waals surface area contributed by atoms with E-state index >= 15 is 0 Å². The number of hydrogen-bond acceptors (Lipinski definition) is 5. The lowest BCUT2D eigenvalue weighted by molar-refractivity contribution is -0.907. The Morgan fingerprint density at radius 3 is 2.58 bits per heavy atom. The Labute approximate surface area is 192 Å². The standard InChI is InChI=1S/C26H28N2O5/c1-2-15-32-19-9-7-18(8-10-19)23-22-24(29)20-5-3-4-6-21(20)33-25(22)26(30)28(23)12-11-27-13-16-31-17-14-27/h3-10,23H,2,11-17H2,1H3/p+1/t23-/m0/s1. The van der Waals surface area contributed by atoms with Crippen LogP contribution >= 0.6 is 0 Å². The van der Waals surface area contributed by atoms with Crippen molar-refractivity contribution in [3.05, 3.63) is 75.6 Å². The minimum absolute atomic E-state index is 0.141. The second-order valence-electron chi connectivity index (χ2n) is 8.60. The van der Waals surface area contributed by atoms with Crippen LogP contribution in [0.5, 0.6) is 5.75 Å². The molecular formula is C26H29N2O5+. The molecule has 2 aliphatic heterocycles. The molecular weight excluding hydrogens is 420 g/mol. The number of ether oxygens (including phenoxy) is 2. The van der Waals surface area contributed by atoms with Crippen molar-refractivity contribution >= 4 is 16.9 Å². The zero-order chi connectivity index (χ0) is 22.8. The maximum Gasteiger partial charge on any atom is 0.291 e. The number of carbonyl (C=O) groups excluding carboxylic acids is 1. The molecule has 2 aliphatic rings. The normalized spacial score (nSPS) is 18.6. The highest BCUT2D eigenvalue weighted by molar-refractivity contribution is 5.99. The van der Waals surface area contributed by atoms with Crippen LogP contribution in [-0.4, -0.2) is 56.8 Å².